The number of para-hydroxylation sites is 1. The summed E-state index contributed by atoms with van der Waals surface area (Å²) in [7, 11) is -3.39. The van der Waals surface area contributed by atoms with E-state index in [0.717, 1.165) is 6.26 Å². The van der Waals surface area contributed by atoms with Crippen molar-refractivity contribution in [3.63, 3.8) is 0 Å². The predicted molar refractivity (Wildman–Crippen MR) is 87.2 cm³/mol. The molecule has 0 unspecified atom stereocenters. The molecule has 0 fully saturated rings. The second kappa shape index (κ2) is 8.05. The minimum absolute atomic E-state index is 0.0455. The average molecular weight is 384 g/mol. The molecule has 0 saturated carbocycles. The third-order valence-electron chi connectivity index (χ3n) is 3.26. The van der Waals surface area contributed by atoms with Gasteiger partial charge in [0.2, 0.25) is 0 Å². The number of carbonyl (C=O) groups is 2. The standard InChI is InChI=1S/C17H14F2O6S/c1-26(22,23)12-8-6-11(7-9-12)14(20)10-24-16(21)13-4-2-3-5-15(13)25-17(18)19/h2-9,17H,10H2,1H3. The molecule has 138 valence electrons. The lowest BCUT2D eigenvalue weighted by atomic mass is 10.1. The molecule has 0 amide bonds. The van der Waals surface area contributed by atoms with Crippen LogP contribution in [0, 0.1) is 0 Å². The van der Waals surface area contributed by atoms with Crippen LogP contribution in [0.2, 0.25) is 0 Å². The van der Waals surface area contributed by atoms with Crippen LogP contribution in [0.1, 0.15) is 20.7 Å². The Labute approximate surface area is 148 Å². The second-order valence-corrected chi connectivity index (χ2v) is 7.19. The van der Waals surface area contributed by atoms with Gasteiger partial charge in [-0.1, -0.05) is 12.1 Å². The fourth-order valence-electron chi connectivity index (χ4n) is 2.01. The topological polar surface area (TPSA) is 86.7 Å². The molecule has 26 heavy (non-hydrogen) atoms. The quantitative estimate of drug-likeness (QED) is 0.539. The van der Waals surface area contributed by atoms with Crippen molar-refractivity contribution in [1.29, 1.82) is 0 Å². The zero-order valence-corrected chi connectivity index (χ0v) is 14.3. The number of esters is 1. The van der Waals surface area contributed by atoms with Gasteiger partial charge in [-0.25, -0.2) is 13.2 Å². The smallest absolute Gasteiger partial charge is 0.387 e. The van der Waals surface area contributed by atoms with E-state index in [0.29, 0.717) is 0 Å². The summed E-state index contributed by atoms with van der Waals surface area (Å²) in [6, 6.07) is 10.3. The molecule has 0 heterocycles. The fourth-order valence-corrected chi connectivity index (χ4v) is 2.64. The summed E-state index contributed by atoms with van der Waals surface area (Å²) in [4.78, 5) is 24.1. The first-order valence-corrected chi connectivity index (χ1v) is 9.12. The molecule has 9 heteroatoms. The maximum Gasteiger partial charge on any atom is 0.387 e. The Hall–Kier alpha value is -2.81. The molecular weight excluding hydrogens is 370 g/mol. The van der Waals surface area contributed by atoms with Crippen molar-refractivity contribution in [1.82, 2.24) is 0 Å². The van der Waals surface area contributed by atoms with Crippen LogP contribution >= 0.6 is 0 Å². The van der Waals surface area contributed by atoms with Gasteiger partial charge in [0.15, 0.2) is 22.2 Å². The Balaban J connectivity index is 2.04. The van der Waals surface area contributed by atoms with Crippen LogP contribution in [0.4, 0.5) is 8.78 Å². The molecule has 2 aromatic rings. The maximum absolute atomic E-state index is 12.3. The number of hydrogen-bond donors (Lipinski definition) is 0. The first-order valence-electron chi connectivity index (χ1n) is 7.23. The van der Waals surface area contributed by atoms with E-state index in [-0.39, 0.29) is 21.8 Å². The van der Waals surface area contributed by atoms with Crippen LogP contribution in [0.5, 0.6) is 5.75 Å². The van der Waals surface area contributed by atoms with Gasteiger partial charge in [-0.15, -0.1) is 0 Å². The van der Waals surface area contributed by atoms with E-state index < -0.39 is 34.8 Å². The molecule has 0 saturated heterocycles. The summed E-state index contributed by atoms with van der Waals surface area (Å²) < 4.78 is 56.5. The van der Waals surface area contributed by atoms with Gasteiger partial charge < -0.3 is 9.47 Å². The normalized spacial score (nSPS) is 11.2. The highest BCUT2D eigenvalue weighted by atomic mass is 32.2. The zero-order valence-electron chi connectivity index (χ0n) is 13.5. The summed E-state index contributed by atoms with van der Waals surface area (Å²) in [6.07, 6.45) is 1.03. The van der Waals surface area contributed by atoms with Gasteiger partial charge in [0, 0.05) is 11.8 Å². The third-order valence-corrected chi connectivity index (χ3v) is 4.39. The minimum atomic E-state index is -3.39. The van der Waals surface area contributed by atoms with Gasteiger partial charge in [0.05, 0.1) is 4.90 Å². The fraction of sp³-hybridized carbons (Fsp3) is 0.176. The second-order valence-electron chi connectivity index (χ2n) is 5.17. The van der Waals surface area contributed by atoms with Crippen molar-refractivity contribution in [2.24, 2.45) is 0 Å². The molecule has 0 aliphatic carbocycles. The van der Waals surface area contributed by atoms with Crippen molar-refractivity contribution >= 4 is 21.6 Å². The lowest BCUT2D eigenvalue weighted by Crippen LogP contribution is -2.16. The highest BCUT2D eigenvalue weighted by Crippen LogP contribution is 2.21. The number of benzene rings is 2. The number of halogens is 2. The SMILES string of the molecule is CS(=O)(=O)c1ccc(C(=O)COC(=O)c2ccccc2OC(F)F)cc1. The summed E-state index contributed by atoms with van der Waals surface area (Å²) in [5, 5.41) is 0. The zero-order chi connectivity index (χ0) is 19.3. The molecule has 2 aromatic carbocycles. The Morgan fingerprint density at radius 3 is 2.23 bits per heavy atom. The summed E-state index contributed by atoms with van der Waals surface area (Å²) >= 11 is 0. The lowest BCUT2D eigenvalue weighted by molar-refractivity contribution is -0.0504. The highest BCUT2D eigenvalue weighted by Gasteiger charge is 2.18. The molecule has 0 aliphatic rings. The van der Waals surface area contributed by atoms with E-state index in [1.54, 1.807) is 0 Å². The Bertz CT molecular complexity index is 907. The van der Waals surface area contributed by atoms with Crippen molar-refractivity contribution < 1.29 is 36.3 Å². The molecule has 0 aliphatic heterocycles. The van der Waals surface area contributed by atoms with Gasteiger partial charge in [-0.2, -0.15) is 8.78 Å². The van der Waals surface area contributed by atoms with Gasteiger partial charge in [-0.05, 0) is 36.4 Å². The Kier molecular flexibility index (Phi) is 6.04. The van der Waals surface area contributed by atoms with Crippen LogP contribution in [-0.4, -0.2) is 39.6 Å². The molecular formula is C17H14F2O6S. The monoisotopic (exact) mass is 384 g/mol. The van der Waals surface area contributed by atoms with E-state index in [1.807, 2.05) is 0 Å². The van der Waals surface area contributed by atoms with E-state index >= 15 is 0 Å². The molecule has 6 nitrogen and oxygen atoms in total. The molecule has 0 aromatic heterocycles. The maximum atomic E-state index is 12.3. The van der Waals surface area contributed by atoms with E-state index in [2.05, 4.69) is 4.74 Å². The number of alkyl halides is 2. The number of Topliss-reactive ketones (excluding diaryl/α,β-unsaturated/α-hetero) is 1. The Morgan fingerprint density at radius 1 is 1.04 bits per heavy atom. The largest absolute Gasteiger partial charge is 0.454 e. The average Bonchev–Trinajstić information content (AvgIpc) is 2.58. The van der Waals surface area contributed by atoms with Crippen molar-refractivity contribution in [2.45, 2.75) is 11.5 Å². The van der Waals surface area contributed by atoms with Gasteiger partial charge in [-0.3, -0.25) is 4.79 Å². The minimum Gasteiger partial charge on any atom is -0.454 e. The molecule has 0 spiro atoms. The molecule has 0 atom stereocenters. The Morgan fingerprint density at radius 2 is 1.65 bits per heavy atom. The predicted octanol–water partition coefficient (Wildman–Crippen LogP) is 2.73. The first kappa shape index (κ1) is 19.5. The van der Waals surface area contributed by atoms with Crippen LogP contribution in [0.15, 0.2) is 53.4 Å². The third kappa shape index (κ3) is 5.09. The van der Waals surface area contributed by atoms with Gasteiger partial charge in [0.25, 0.3) is 0 Å². The van der Waals surface area contributed by atoms with E-state index in [1.165, 1.54) is 48.5 Å². The molecule has 0 bridgehead atoms. The number of hydrogen-bond acceptors (Lipinski definition) is 6. The highest BCUT2D eigenvalue weighted by molar-refractivity contribution is 7.90. The lowest BCUT2D eigenvalue weighted by Gasteiger charge is -2.10. The summed E-state index contributed by atoms with van der Waals surface area (Å²) in [5.41, 5.74) is -0.102. The van der Waals surface area contributed by atoms with Gasteiger partial charge >= 0.3 is 12.6 Å². The van der Waals surface area contributed by atoms with Crippen LogP contribution in [-0.2, 0) is 14.6 Å². The molecule has 0 N–H and O–H groups in total. The number of ketones is 1. The van der Waals surface area contributed by atoms with Gasteiger partial charge in [0.1, 0.15) is 11.3 Å². The van der Waals surface area contributed by atoms with E-state index in [9.17, 15) is 26.8 Å². The number of sulfone groups is 1. The molecule has 2 rings (SSSR count). The molecule has 0 radical (unpaired) electrons. The summed E-state index contributed by atoms with van der Waals surface area (Å²) in [6.45, 7) is -3.75. The van der Waals surface area contributed by atoms with E-state index in [4.69, 9.17) is 4.74 Å². The number of carbonyl (C=O) groups excluding carboxylic acids is 2. The summed E-state index contributed by atoms with van der Waals surface area (Å²) in [5.74, 6) is -1.94. The van der Waals surface area contributed by atoms with Crippen LogP contribution in [0.25, 0.3) is 0 Å². The number of ether oxygens (including phenoxy) is 2. The van der Waals surface area contributed by atoms with Crippen LogP contribution < -0.4 is 4.74 Å². The first-order chi connectivity index (χ1) is 12.2. The van der Waals surface area contributed by atoms with Crippen molar-refractivity contribution in [3.05, 3.63) is 59.7 Å². The number of rotatable bonds is 7. The van der Waals surface area contributed by atoms with Crippen molar-refractivity contribution in [3.8, 4) is 5.75 Å². The van der Waals surface area contributed by atoms with Crippen LogP contribution in [0.3, 0.4) is 0 Å². The van der Waals surface area contributed by atoms with Crippen molar-refractivity contribution in [2.75, 3.05) is 12.9 Å².